The predicted octanol–water partition coefficient (Wildman–Crippen LogP) is 1.67. The minimum atomic E-state index is -1.03. The van der Waals surface area contributed by atoms with Crippen molar-refractivity contribution in [2.24, 2.45) is 5.73 Å². The zero-order valence-electron chi connectivity index (χ0n) is 11.9. The van der Waals surface area contributed by atoms with Crippen LogP contribution in [0.5, 0.6) is 0 Å². The number of amides is 1. The molecule has 0 spiro atoms. The second kappa shape index (κ2) is 7.67. The summed E-state index contributed by atoms with van der Waals surface area (Å²) in [5, 5.41) is 11.6. The Bertz CT molecular complexity index is 626. The molecule has 2 aromatic rings. The van der Waals surface area contributed by atoms with E-state index in [1.165, 1.54) is 11.3 Å². The van der Waals surface area contributed by atoms with Crippen molar-refractivity contribution in [3.05, 3.63) is 46.4 Å². The number of nitrogens with zero attached hydrogens (tertiary/aromatic N) is 1. The van der Waals surface area contributed by atoms with Gasteiger partial charge in [-0.25, -0.2) is 0 Å². The smallest absolute Gasteiger partial charge is 0.320 e. The molecule has 4 N–H and O–H groups in total. The second-order valence-corrected chi connectivity index (χ2v) is 5.83. The number of carboxylic acids is 1. The molecule has 1 aromatic carbocycles. The van der Waals surface area contributed by atoms with Crippen LogP contribution in [0.15, 0.2) is 36.0 Å². The minimum Gasteiger partial charge on any atom is -0.480 e. The van der Waals surface area contributed by atoms with Crippen LogP contribution in [0.2, 0.25) is 0 Å². The average Bonchev–Trinajstić information content (AvgIpc) is 3.00. The number of nitrogens with one attached hydrogen (secondary N) is 1. The highest BCUT2D eigenvalue weighted by molar-refractivity contribution is 7.09. The third-order valence-electron chi connectivity index (χ3n) is 3.09. The highest BCUT2D eigenvalue weighted by Crippen LogP contribution is 2.13. The third kappa shape index (κ3) is 4.94. The number of anilines is 1. The van der Waals surface area contributed by atoms with E-state index in [1.807, 2.05) is 0 Å². The van der Waals surface area contributed by atoms with E-state index in [-0.39, 0.29) is 12.3 Å². The first-order valence-corrected chi connectivity index (χ1v) is 7.67. The molecule has 116 valence electrons. The van der Waals surface area contributed by atoms with E-state index in [4.69, 9.17) is 10.8 Å². The van der Waals surface area contributed by atoms with Crippen molar-refractivity contribution in [2.45, 2.75) is 25.3 Å². The monoisotopic (exact) mass is 319 g/mol. The van der Waals surface area contributed by atoms with Crippen molar-refractivity contribution < 1.29 is 14.7 Å². The van der Waals surface area contributed by atoms with Crippen LogP contribution in [0.3, 0.4) is 0 Å². The normalized spacial score (nSPS) is 11.9. The summed E-state index contributed by atoms with van der Waals surface area (Å²) in [4.78, 5) is 27.6. The number of hydrogen-bond donors (Lipinski definition) is 3. The molecule has 1 aromatic heterocycles. The maximum Gasteiger partial charge on any atom is 0.320 e. The van der Waals surface area contributed by atoms with Crippen molar-refractivity contribution in [2.75, 3.05) is 5.32 Å². The van der Waals surface area contributed by atoms with Crippen LogP contribution in [0.4, 0.5) is 5.69 Å². The number of nitrogens with two attached hydrogens (primary N) is 1. The Hall–Kier alpha value is -2.25. The Balaban J connectivity index is 1.82. The van der Waals surface area contributed by atoms with E-state index in [0.717, 1.165) is 10.4 Å². The highest BCUT2D eigenvalue weighted by atomic mass is 32.1. The molecule has 1 atom stereocenters. The first-order valence-electron chi connectivity index (χ1n) is 6.79. The van der Waals surface area contributed by atoms with Gasteiger partial charge in [-0.3, -0.25) is 14.6 Å². The quantitative estimate of drug-likeness (QED) is 0.720. The number of aliphatic carboxylic acids is 1. The van der Waals surface area contributed by atoms with Gasteiger partial charge >= 0.3 is 5.97 Å². The number of thiazole rings is 1. The van der Waals surface area contributed by atoms with Gasteiger partial charge in [-0.15, -0.1) is 11.3 Å². The second-order valence-electron chi connectivity index (χ2n) is 4.86. The summed E-state index contributed by atoms with van der Waals surface area (Å²) >= 11 is 1.53. The highest BCUT2D eigenvalue weighted by Gasteiger charge is 2.12. The van der Waals surface area contributed by atoms with E-state index >= 15 is 0 Å². The van der Waals surface area contributed by atoms with Crippen molar-refractivity contribution in [1.82, 2.24) is 4.98 Å². The molecule has 0 bridgehead atoms. The number of carbonyl (C=O) groups excluding carboxylic acids is 1. The number of carbonyl (C=O) groups is 2. The molecule has 1 heterocycles. The van der Waals surface area contributed by atoms with Gasteiger partial charge in [-0.05, 0) is 30.5 Å². The number of rotatable bonds is 7. The maximum absolute atomic E-state index is 11.8. The predicted molar refractivity (Wildman–Crippen MR) is 84.8 cm³/mol. The van der Waals surface area contributed by atoms with Gasteiger partial charge in [-0.1, -0.05) is 12.1 Å². The molecule has 2 rings (SSSR count). The molecule has 7 heteroatoms. The number of hydrogen-bond acceptors (Lipinski definition) is 5. The van der Waals surface area contributed by atoms with Crippen LogP contribution in [0, 0.1) is 0 Å². The fourth-order valence-corrected chi connectivity index (χ4v) is 2.49. The lowest BCUT2D eigenvalue weighted by atomic mass is 10.1. The Labute approximate surface area is 132 Å². The maximum atomic E-state index is 11.8. The lowest BCUT2D eigenvalue weighted by molar-refractivity contribution is -0.138. The summed E-state index contributed by atoms with van der Waals surface area (Å²) in [6.45, 7) is 0. The average molecular weight is 319 g/mol. The first kappa shape index (κ1) is 16.1. The van der Waals surface area contributed by atoms with E-state index in [0.29, 0.717) is 18.5 Å². The molecule has 0 radical (unpaired) electrons. The number of aromatic nitrogens is 1. The van der Waals surface area contributed by atoms with Gasteiger partial charge in [0.25, 0.3) is 0 Å². The molecule has 0 fully saturated rings. The zero-order valence-corrected chi connectivity index (χ0v) is 12.7. The summed E-state index contributed by atoms with van der Waals surface area (Å²) in [7, 11) is 0. The zero-order chi connectivity index (χ0) is 15.9. The van der Waals surface area contributed by atoms with Crippen molar-refractivity contribution >= 4 is 28.9 Å². The summed E-state index contributed by atoms with van der Waals surface area (Å²) < 4.78 is 0. The Kier molecular flexibility index (Phi) is 5.62. The van der Waals surface area contributed by atoms with Crippen LogP contribution < -0.4 is 11.1 Å². The lowest BCUT2D eigenvalue weighted by Crippen LogP contribution is -2.32. The molecule has 6 nitrogen and oxygen atoms in total. The van der Waals surface area contributed by atoms with Gasteiger partial charge < -0.3 is 16.2 Å². The molecule has 0 saturated carbocycles. The summed E-state index contributed by atoms with van der Waals surface area (Å²) in [6, 6.07) is 6.10. The van der Waals surface area contributed by atoms with Gasteiger partial charge in [0.15, 0.2) is 0 Å². The van der Waals surface area contributed by atoms with Crippen LogP contribution in [-0.4, -0.2) is 28.0 Å². The molecule has 22 heavy (non-hydrogen) atoms. The Morgan fingerprint density at radius 2 is 2.05 bits per heavy atom. The molecular weight excluding hydrogens is 302 g/mol. The molecule has 0 unspecified atom stereocenters. The Morgan fingerprint density at radius 3 is 2.64 bits per heavy atom. The SMILES string of the molecule is N[C@@H](Cc1ccc(NC(=O)CCc2cncs2)cc1)C(=O)O. The van der Waals surface area contributed by atoms with E-state index < -0.39 is 12.0 Å². The van der Waals surface area contributed by atoms with Gasteiger partial charge in [0.05, 0.1) is 5.51 Å². The molecular formula is C15H17N3O3S. The van der Waals surface area contributed by atoms with Crippen LogP contribution in [0.1, 0.15) is 16.9 Å². The number of aryl methyl sites for hydroxylation is 1. The van der Waals surface area contributed by atoms with Gasteiger partial charge in [0.1, 0.15) is 6.04 Å². The lowest BCUT2D eigenvalue weighted by Gasteiger charge is -2.08. The van der Waals surface area contributed by atoms with Gasteiger partial charge in [0.2, 0.25) is 5.91 Å². The fourth-order valence-electron chi connectivity index (χ4n) is 1.89. The molecule has 1 amide bonds. The summed E-state index contributed by atoms with van der Waals surface area (Å²) in [5.41, 5.74) is 8.72. The van der Waals surface area contributed by atoms with Crippen LogP contribution in [0.25, 0.3) is 0 Å². The number of benzene rings is 1. The topological polar surface area (TPSA) is 105 Å². The van der Waals surface area contributed by atoms with Crippen LogP contribution >= 0.6 is 11.3 Å². The minimum absolute atomic E-state index is 0.0663. The van der Waals surface area contributed by atoms with Gasteiger partial charge in [0, 0.05) is 23.2 Å². The number of carboxylic acid groups (broad SMARTS) is 1. The van der Waals surface area contributed by atoms with Crippen molar-refractivity contribution in [3.8, 4) is 0 Å². The standard InChI is InChI=1S/C15H17N3O3S/c16-13(15(20)21)7-10-1-3-11(4-2-10)18-14(19)6-5-12-8-17-9-22-12/h1-4,8-9,13H,5-7,16H2,(H,18,19)(H,20,21)/t13-/m0/s1. The first-order chi connectivity index (χ1) is 10.5. The molecule has 0 aliphatic rings. The van der Waals surface area contributed by atoms with Gasteiger partial charge in [-0.2, -0.15) is 0 Å². The van der Waals surface area contributed by atoms with E-state index in [9.17, 15) is 9.59 Å². The summed E-state index contributed by atoms with van der Waals surface area (Å²) in [5.74, 6) is -1.09. The molecule has 0 aliphatic carbocycles. The van der Waals surface area contributed by atoms with Crippen LogP contribution in [-0.2, 0) is 22.4 Å². The Morgan fingerprint density at radius 1 is 1.32 bits per heavy atom. The molecule has 0 aliphatic heterocycles. The van der Waals surface area contributed by atoms with E-state index in [1.54, 1.807) is 36.0 Å². The van der Waals surface area contributed by atoms with Crippen molar-refractivity contribution in [3.63, 3.8) is 0 Å². The van der Waals surface area contributed by atoms with Crippen molar-refractivity contribution in [1.29, 1.82) is 0 Å². The molecule has 0 saturated heterocycles. The summed E-state index contributed by atoms with van der Waals surface area (Å²) in [6.07, 6.45) is 3.09. The third-order valence-corrected chi connectivity index (χ3v) is 3.93. The fraction of sp³-hybridized carbons (Fsp3) is 0.267. The largest absolute Gasteiger partial charge is 0.480 e. The van der Waals surface area contributed by atoms with E-state index in [2.05, 4.69) is 10.3 Å².